The van der Waals surface area contributed by atoms with Gasteiger partial charge in [0.15, 0.2) is 16.6 Å². The van der Waals surface area contributed by atoms with Crippen LogP contribution in [0.2, 0.25) is 0 Å². The lowest BCUT2D eigenvalue weighted by Gasteiger charge is -2.14. The molecule has 0 fully saturated rings. The molecule has 2 heterocycles. The van der Waals surface area contributed by atoms with E-state index in [1.807, 2.05) is 17.5 Å². The van der Waals surface area contributed by atoms with E-state index < -0.39 is 0 Å². The molecule has 31 heavy (non-hydrogen) atoms. The van der Waals surface area contributed by atoms with Gasteiger partial charge in [-0.2, -0.15) is 0 Å². The molecule has 0 spiro atoms. The number of nitrogens with one attached hydrogen (secondary N) is 1. The SMILES string of the molecule is COc1cc(Nc2nc(N)c(-c3nc(-c4ccc(O)cc4)cs3)s2)cc(OC)c1OC. The zero-order valence-electron chi connectivity index (χ0n) is 17.0. The maximum absolute atomic E-state index is 9.47. The van der Waals surface area contributed by atoms with Crippen molar-refractivity contribution in [3.63, 3.8) is 0 Å². The number of phenolic OH excluding ortho intramolecular Hbond substituents is 1. The van der Waals surface area contributed by atoms with E-state index in [-0.39, 0.29) is 5.75 Å². The van der Waals surface area contributed by atoms with Crippen molar-refractivity contribution in [2.24, 2.45) is 0 Å². The minimum atomic E-state index is 0.216. The second kappa shape index (κ2) is 8.70. The van der Waals surface area contributed by atoms with Crippen LogP contribution < -0.4 is 25.3 Å². The summed E-state index contributed by atoms with van der Waals surface area (Å²) < 4.78 is 16.2. The van der Waals surface area contributed by atoms with Gasteiger partial charge < -0.3 is 30.4 Å². The molecule has 0 aliphatic carbocycles. The molecule has 0 saturated heterocycles. The van der Waals surface area contributed by atoms with Crippen LogP contribution in [-0.4, -0.2) is 36.4 Å². The molecule has 2 aromatic carbocycles. The average molecular weight is 457 g/mol. The number of phenols is 1. The zero-order chi connectivity index (χ0) is 22.0. The summed E-state index contributed by atoms with van der Waals surface area (Å²) >= 11 is 2.89. The van der Waals surface area contributed by atoms with Gasteiger partial charge in [0.2, 0.25) is 5.75 Å². The molecule has 10 heteroatoms. The van der Waals surface area contributed by atoms with Crippen LogP contribution in [0, 0.1) is 0 Å². The Hall–Kier alpha value is -3.50. The van der Waals surface area contributed by atoms with Crippen molar-refractivity contribution in [2.45, 2.75) is 0 Å². The number of nitrogens with two attached hydrogens (primary N) is 1. The number of hydrogen-bond donors (Lipinski definition) is 3. The molecule has 0 saturated carbocycles. The standard InChI is InChI=1S/C21H20N4O4S2/c1-27-15-8-12(9-16(28-2)17(15)29-3)23-21-25-19(22)18(31-21)20-24-14(10-30-20)11-4-6-13(26)7-5-11/h4-10,26H,22H2,1-3H3,(H,23,25). The summed E-state index contributed by atoms with van der Waals surface area (Å²) in [4.78, 5) is 9.90. The Morgan fingerprint density at radius 1 is 0.968 bits per heavy atom. The first-order chi connectivity index (χ1) is 15.0. The van der Waals surface area contributed by atoms with Crippen molar-refractivity contribution in [3.8, 4) is 44.1 Å². The molecule has 4 aromatic rings. The van der Waals surface area contributed by atoms with Gasteiger partial charge in [-0.25, -0.2) is 9.97 Å². The lowest BCUT2D eigenvalue weighted by atomic mass is 10.2. The third-order valence-electron chi connectivity index (χ3n) is 4.43. The Morgan fingerprint density at radius 2 is 1.65 bits per heavy atom. The first kappa shape index (κ1) is 20.8. The number of aromatic nitrogens is 2. The van der Waals surface area contributed by atoms with E-state index in [4.69, 9.17) is 19.9 Å². The number of anilines is 3. The van der Waals surface area contributed by atoms with Crippen molar-refractivity contribution in [1.82, 2.24) is 9.97 Å². The maximum Gasteiger partial charge on any atom is 0.203 e. The van der Waals surface area contributed by atoms with Crippen LogP contribution in [0.15, 0.2) is 41.8 Å². The fourth-order valence-electron chi connectivity index (χ4n) is 2.96. The molecule has 0 amide bonds. The first-order valence-corrected chi connectivity index (χ1v) is 10.8. The molecule has 0 atom stereocenters. The Morgan fingerprint density at radius 3 is 2.26 bits per heavy atom. The van der Waals surface area contributed by atoms with Crippen molar-refractivity contribution < 1.29 is 19.3 Å². The van der Waals surface area contributed by atoms with Crippen molar-refractivity contribution in [1.29, 1.82) is 0 Å². The largest absolute Gasteiger partial charge is 0.508 e. The quantitative estimate of drug-likeness (QED) is 0.357. The first-order valence-electron chi connectivity index (χ1n) is 9.11. The third-order valence-corrected chi connectivity index (χ3v) is 6.41. The van der Waals surface area contributed by atoms with E-state index >= 15 is 0 Å². The Labute approximate surface area is 186 Å². The van der Waals surface area contributed by atoms with Gasteiger partial charge in [-0.05, 0) is 24.3 Å². The van der Waals surface area contributed by atoms with Gasteiger partial charge in [-0.15, -0.1) is 11.3 Å². The Bertz CT molecular complexity index is 1180. The number of nitrogens with zero attached hydrogens (tertiary/aromatic N) is 2. The molecule has 8 nitrogen and oxygen atoms in total. The van der Waals surface area contributed by atoms with Crippen LogP contribution in [0.25, 0.3) is 21.1 Å². The highest BCUT2D eigenvalue weighted by Gasteiger charge is 2.17. The number of thiazole rings is 2. The van der Waals surface area contributed by atoms with E-state index in [1.165, 1.54) is 22.7 Å². The number of hydrogen-bond acceptors (Lipinski definition) is 10. The molecular weight excluding hydrogens is 436 g/mol. The second-order valence-corrected chi connectivity index (χ2v) is 8.21. The van der Waals surface area contributed by atoms with Crippen LogP contribution >= 0.6 is 22.7 Å². The zero-order valence-corrected chi connectivity index (χ0v) is 18.6. The average Bonchev–Trinajstić information content (AvgIpc) is 3.40. The lowest BCUT2D eigenvalue weighted by molar-refractivity contribution is 0.324. The maximum atomic E-state index is 9.47. The van der Waals surface area contributed by atoms with Gasteiger partial charge in [0, 0.05) is 28.8 Å². The third kappa shape index (κ3) is 4.21. The topological polar surface area (TPSA) is 112 Å². The Balaban J connectivity index is 1.61. The number of nitrogen functional groups attached to an aromatic ring is 1. The monoisotopic (exact) mass is 456 g/mol. The van der Waals surface area contributed by atoms with Crippen molar-refractivity contribution in [3.05, 3.63) is 41.8 Å². The molecule has 0 bridgehead atoms. The number of rotatable bonds is 7. The fraction of sp³-hybridized carbons (Fsp3) is 0.143. The molecular formula is C21H20N4O4S2. The molecule has 4 rings (SSSR count). The molecule has 4 N–H and O–H groups in total. The minimum absolute atomic E-state index is 0.216. The normalized spacial score (nSPS) is 10.7. The summed E-state index contributed by atoms with van der Waals surface area (Å²) in [6.45, 7) is 0. The predicted octanol–water partition coefficient (Wildman–Crippen LogP) is 4.99. The highest BCUT2D eigenvalue weighted by Crippen LogP contribution is 2.43. The van der Waals surface area contributed by atoms with Crippen LogP contribution in [-0.2, 0) is 0 Å². The minimum Gasteiger partial charge on any atom is -0.508 e. The van der Waals surface area contributed by atoms with Crippen LogP contribution in [0.4, 0.5) is 16.6 Å². The van der Waals surface area contributed by atoms with Crippen LogP contribution in [0.1, 0.15) is 0 Å². The summed E-state index contributed by atoms with van der Waals surface area (Å²) in [7, 11) is 4.69. The number of benzene rings is 2. The van der Waals surface area contributed by atoms with Gasteiger partial charge in [0.25, 0.3) is 0 Å². The van der Waals surface area contributed by atoms with E-state index in [9.17, 15) is 5.11 Å². The van der Waals surface area contributed by atoms with Gasteiger partial charge in [0.1, 0.15) is 21.5 Å². The van der Waals surface area contributed by atoms with E-state index in [0.29, 0.717) is 28.2 Å². The molecule has 0 unspecified atom stereocenters. The number of methoxy groups -OCH3 is 3. The molecule has 2 aromatic heterocycles. The smallest absolute Gasteiger partial charge is 0.203 e. The van der Waals surface area contributed by atoms with E-state index in [1.54, 1.807) is 45.6 Å². The molecule has 0 radical (unpaired) electrons. The summed E-state index contributed by atoms with van der Waals surface area (Å²) in [5, 5.41) is 16.1. The van der Waals surface area contributed by atoms with Gasteiger partial charge in [0.05, 0.1) is 27.0 Å². The fourth-order valence-corrected chi connectivity index (χ4v) is 4.79. The predicted molar refractivity (Wildman–Crippen MR) is 124 cm³/mol. The number of ether oxygens (including phenoxy) is 3. The summed E-state index contributed by atoms with van der Waals surface area (Å²) in [6, 6.07) is 10.5. The highest BCUT2D eigenvalue weighted by atomic mass is 32.1. The summed E-state index contributed by atoms with van der Waals surface area (Å²) in [5.41, 5.74) is 8.63. The Kier molecular flexibility index (Phi) is 5.83. The summed E-state index contributed by atoms with van der Waals surface area (Å²) in [6.07, 6.45) is 0. The highest BCUT2D eigenvalue weighted by molar-refractivity contribution is 7.23. The lowest BCUT2D eigenvalue weighted by Crippen LogP contribution is -1.97. The molecule has 0 aliphatic heterocycles. The molecule has 0 aliphatic rings. The van der Waals surface area contributed by atoms with Gasteiger partial charge in [-0.3, -0.25) is 0 Å². The molecule has 160 valence electrons. The van der Waals surface area contributed by atoms with Crippen molar-refractivity contribution in [2.75, 3.05) is 32.4 Å². The van der Waals surface area contributed by atoms with Crippen LogP contribution in [0.5, 0.6) is 23.0 Å². The van der Waals surface area contributed by atoms with E-state index in [0.717, 1.165) is 26.8 Å². The second-order valence-electron chi connectivity index (χ2n) is 6.36. The van der Waals surface area contributed by atoms with Gasteiger partial charge in [-0.1, -0.05) is 11.3 Å². The van der Waals surface area contributed by atoms with E-state index in [2.05, 4.69) is 15.3 Å². The summed E-state index contributed by atoms with van der Waals surface area (Å²) in [5.74, 6) is 2.19. The van der Waals surface area contributed by atoms with Crippen LogP contribution in [0.3, 0.4) is 0 Å². The van der Waals surface area contributed by atoms with Crippen molar-refractivity contribution >= 4 is 39.3 Å². The number of aromatic hydroxyl groups is 1. The van der Waals surface area contributed by atoms with Gasteiger partial charge >= 0.3 is 0 Å².